The molecule has 0 unspecified atom stereocenters. The first-order valence-corrected chi connectivity index (χ1v) is 6.19. The molecule has 0 aliphatic heterocycles. The number of carbonyl (C=O) groups is 1. The lowest BCUT2D eigenvalue weighted by molar-refractivity contribution is 0.0717. The van der Waals surface area contributed by atoms with Gasteiger partial charge < -0.3 is 10.6 Å². The van der Waals surface area contributed by atoms with Gasteiger partial charge >= 0.3 is 0 Å². The van der Waals surface area contributed by atoms with E-state index in [-0.39, 0.29) is 17.0 Å². The van der Waals surface area contributed by atoms with E-state index >= 15 is 0 Å². The van der Waals surface area contributed by atoms with Crippen LogP contribution in [0.2, 0.25) is 10.0 Å². The molecule has 0 aliphatic rings. The third-order valence-electron chi connectivity index (χ3n) is 2.51. The lowest BCUT2D eigenvalue weighted by atomic mass is 10.1. The molecule has 0 fully saturated rings. The van der Waals surface area contributed by atoms with E-state index in [0.717, 1.165) is 0 Å². The number of amides is 1. The van der Waals surface area contributed by atoms with Gasteiger partial charge in [-0.05, 0) is 32.9 Å². The van der Waals surface area contributed by atoms with E-state index in [4.69, 9.17) is 28.9 Å². The standard InChI is InChI=1S/C12H16Cl2N2O/c1-4-16(7(2)3)12(17)9-5-8(15)6-10(13)11(9)14/h5-7H,4,15H2,1-3H3. The Morgan fingerprint density at radius 2 is 2.00 bits per heavy atom. The van der Waals surface area contributed by atoms with Crippen LogP contribution in [-0.4, -0.2) is 23.4 Å². The molecule has 3 nitrogen and oxygen atoms in total. The number of nitrogens with two attached hydrogens (primary N) is 1. The average molecular weight is 275 g/mol. The molecular weight excluding hydrogens is 259 g/mol. The van der Waals surface area contributed by atoms with Gasteiger partial charge in [0.25, 0.3) is 5.91 Å². The highest BCUT2D eigenvalue weighted by molar-refractivity contribution is 6.44. The van der Waals surface area contributed by atoms with Crippen LogP contribution in [0.1, 0.15) is 31.1 Å². The molecule has 1 aromatic rings. The van der Waals surface area contributed by atoms with Gasteiger partial charge in [0, 0.05) is 18.3 Å². The van der Waals surface area contributed by atoms with Crippen LogP contribution in [0.4, 0.5) is 5.69 Å². The Labute approximate surface area is 111 Å². The summed E-state index contributed by atoms with van der Waals surface area (Å²) in [6, 6.07) is 3.19. The van der Waals surface area contributed by atoms with Gasteiger partial charge in [0.05, 0.1) is 15.6 Å². The highest BCUT2D eigenvalue weighted by Gasteiger charge is 2.21. The van der Waals surface area contributed by atoms with Crippen LogP contribution in [0.3, 0.4) is 0 Å². The Bertz CT molecular complexity index is 433. The summed E-state index contributed by atoms with van der Waals surface area (Å²) in [5, 5.41) is 0.555. The van der Waals surface area contributed by atoms with Crippen molar-refractivity contribution in [3.63, 3.8) is 0 Å². The number of halogens is 2. The van der Waals surface area contributed by atoms with Gasteiger partial charge in [-0.15, -0.1) is 0 Å². The molecule has 5 heteroatoms. The second-order valence-corrected chi connectivity index (χ2v) is 4.83. The minimum atomic E-state index is -0.151. The Morgan fingerprint density at radius 1 is 1.41 bits per heavy atom. The van der Waals surface area contributed by atoms with Crippen LogP contribution in [0.25, 0.3) is 0 Å². The fourth-order valence-electron chi connectivity index (χ4n) is 1.66. The van der Waals surface area contributed by atoms with Gasteiger partial charge in [-0.3, -0.25) is 4.79 Å². The second kappa shape index (κ2) is 5.61. The fourth-order valence-corrected chi connectivity index (χ4v) is 2.08. The summed E-state index contributed by atoms with van der Waals surface area (Å²) in [5.74, 6) is -0.151. The van der Waals surface area contributed by atoms with Crippen molar-refractivity contribution in [1.29, 1.82) is 0 Å². The summed E-state index contributed by atoms with van der Waals surface area (Å²) in [6.07, 6.45) is 0. The largest absolute Gasteiger partial charge is 0.399 e. The number of hydrogen-bond donors (Lipinski definition) is 1. The summed E-state index contributed by atoms with van der Waals surface area (Å²) in [4.78, 5) is 14.0. The summed E-state index contributed by atoms with van der Waals surface area (Å²) in [5.41, 5.74) is 6.46. The minimum Gasteiger partial charge on any atom is -0.399 e. The summed E-state index contributed by atoms with van der Waals surface area (Å²) < 4.78 is 0. The van der Waals surface area contributed by atoms with Crippen LogP contribution in [-0.2, 0) is 0 Å². The molecule has 0 spiro atoms. The molecule has 1 amide bonds. The van der Waals surface area contributed by atoms with Gasteiger partial charge in [-0.2, -0.15) is 0 Å². The van der Waals surface area contributed by atoms with Crippen molar-refractivity contribution in [3.05, 3.63) is 27.7 Å². The zero-order valence-corrected chi connectivity index (χ0v) is 11.6. The van der Waals surface area contributed by atoms with E-state index in [0.29, 0.717) is 22.8 Å². The van der Waals surface area contributed by atoms with Crippen LogP contribution >= 0.6 is 23.2 Å². The number of carbonyl (C=O) groups excluding carboxylic acids is 1. The van der Waals surface area contributed by atoms with Crippen molar-refractivity contribution in [2.45, 2.75) is 26.8 Å². The third-order valence-corrected chi connectivity index (χ3v) is 3.31. The van der Waals surface area contributed by atoms with Crippen LogP contribution in [0, 0.1) is 0 Å². The van der Waals surface area contributed by atoms with Crippen LogP contribution in [0.15, 0.2) is 12.1 Å². The number of hydrogen-bond acceptors (Lipinski definition) is 2. The smallest absolute Gasteiger partial charge is 0.255 e. The highest BCUT2D eigenvalue weighted by Crippen LogP contribution is 2.29. The second-order valence-electron chi connectivity index (χ2n) is 4.05. The van der Waals surface area contributed by atoms with Crippen molar-refractivity contribution < 1.29 is 4.79 Å². The first-order chi connectivity index (χ1) is 7.88. The monoisotopic (exact) mass is 274 g/mol. The minimum absolute atomic E-state index is 0.101. The number of rotatable bonds is 3. The average Bonchev–Trinajstić information content (AvgIpc) is 2.23. The zero-order valence-electron chi connectivity index (χ0n) is 10.1. The molecular formula is C12H16Cl2N2O. The van der Waals surface area contributed by atoms with Crippen molar-refractivity contribution in [1.82, 2.24) is 4.90 Å². The molecule has 0 radical (unpaired) electrons. The third kappa shape index (κ3) is 3.05. The Balaban J connectivity index is 3.20. The molecule has 0 aliphatic carbocycles. The SMILES string of the molecule is CCN(C(=O)c1cc(N)cc(Cl)c1Cl)C(C)C. The molecule has 0 atom stereocenters. The number of nitrogens with zero attached hydrogens (tertiary/aromatic N) is 1. The van der Waals surface area contributed by atoms with Gasteiger partial charge in [-0.25, -0.2) is 0 Å². The molecule has 1 rings (SSSR count). The highest BCUT2D eigenvalue weighted by atomic mass is 35.5. The summed E-state index contributed by atoms with van der Waals surface area (Å²) >= 11 is 11.9. The van der Waals surface area contributed by atoms with Gasteiger partial charge in [-0.1, -0.05) is 23.2 Å². The van der Waals surface area contributed by atoms with E-state index in [1.807, 2.05) is 20.8 Å². The maximum atomic E-state index is 12.3. The number of anilines is 1. The summed E-state index contributed by atoms with van der Waals surface area (Å²) in [7, 11) is 0. The molecule has 1 aromatic carbocycles. The topological polar surface area (TPSA) is 46.3 Å². The predicted molar refractivity (Wildman–Crippen MR) is 72.7 cm³/mol. The maximum absolute atomic E-state index is 12.3. The van der Waals surface area contributed by atoms with E-state index in [9.17, 15) is 4.79 Å². The Morgan fingerprint density at radius 3 is 2.47 bits per heavy atom. The molecule has 0 aromatic heterocycles. The number of nitrogen functional groups attached to an aromatic ring is 1. The molecule has 0 bridgehead atoms. The van der Waals surface area contributed by atoms with Crippen molar-refractivity contribution in [3.8, 4) is 0 Å². The van der Waals surface area contributed by atoms with Crippen LogP contribution < -0.4 is 5.73 Å². The maximum Gasteiger partial charge on any atom is 0.255 e. The van der Waals surface area contributed by atoms with Gasteiger partial charge in [0.2, 0.25) is 0 Å². The van der Waals surface area contributed by atoms with Crippen molar-refractivity contribution in [2.75, 3.05) is 12.3 Å². The van der Waals surface area contributed by atoms with Gasteiger partial charge in [0.15, 0.2) is 0 Å². The van der Waals surface area contributed by atoms with E-state index in [1.165, 1.54) is 6.07 Å². The summed E-state index contributed by atoms with van der Waals surface area (Å²) in [6.45, 7) is 6.42. The van der Waals surface area contributed by atoms with Crippen molar-refractivity contribution in [2.24, 2.45) is 0 Å². The lowest BCUT2D eigenvalue weighted by Gasteiger charge is -2.25. The molecule has 17 heavy (non-hydrogen) atoms. The normalized spacial score (nSPS) is 10.7. The fraction of sp³-hybridized carbons (Fsp3) is 0.417. The molecule has 0 saturated carbocycles. The van der Waals surface area contributed by atoms with E-state index < -0.39 is 0 Å². The predicted octanol–water partition coefficient (Wildman–Crippen LogP) is 3.45. The number of benzene rings is 1. The van der Waals surface area contributed by atoms with E-state index in [2.05, 4.69) is 0 Å². The molecule has 0 heterocycles. The van der Waals surface area contributed by atoms with Crippen molar-refractivity contribution >= 4 is 34.8 Å². The quantitative estimate of drug-likeness (QED) is 0.859. The molecule has 2 N–H and O–H groups in total. The molecule has 0 saturated heterocycles. The first-order valence-electron chi connectivity index (χ1n) is 5.44. The first kappa shape index (κ1) is 14.1. The Kier molecular flexibility index (Phi) is 4.66. The zero-order chi connectivity index (χ0) is 13.2. The van der Waals surface area contributed by atoms with Crippen LogP contribution in [0.5, 0.6) is 0 Å². The molecule has 94 valence electrons. The Hall–Kier alpha value is -0.930. The van der Waals surface area contributed by atoms with Gasteiger partial charge in [0.1, 0.15) is 0 Å². The lowest BCUT2D eigenvalue weighted by Crippen LogP contribution is -2.36. The van der Waals surface area contributed by atoms with E-state index in [1.54, 1.807) is 11.0 Å².